The lowest BCUT2D eigenvalue weighted by Gasteiger charge is -2.42. The highest BCUT2D eigenvalue weighted by atomic mass is 16.6. The quantitative estimate of drug-likeness (QED) is 0.571. The predicted molar refractivity (Wildman–Crippen MR) is 103 cm³/mol. The summed E-state index contributed by atoms with van der Waals surface area (Å²) in [6.07, 6.45) is 8.70. The number of ether oxygens (including phenoxy) is 2. The molecule has 5 nitrogen and oxygen atoms in total. The molecular weight excluding hydrogens is 342 g/mol. The minimum absolute atomic E-state index is 0.112. The second-order valence-electron chi connectivity index (χ2n) is 7.56. The van der Waals surface area contributed by atoms with Crippen molar-refractivity contribution >= 4 is 12.1 Å². The molecule has 0 aromatic heterocycles. The topological polar surface area (TPSA) is 55.8 Å². The lowest BCUT2D eigenvalue weighted by molar-refractivity contribution is -0.144. The van der Waals surface area contributed by atoms with Gasteiger partial charge in [-0.1, -0.05) is 42.5 Å². The standard InChI is InChI=1S/C22H29NO4/c1-2-26-20(24)16-18-8-10-22(11-9-18)12-14-23(15-13-22)21(25)27-17-19-6-4-3-5-7-19/h3-8,10,18H,2,9,11-17H2,1H3. The van der Waals surface area contributed by atoms with Gasteiger partial charge in [0.15, 0.2) is 0 Å². The molecule has 0 saturated carbocycles. The van der Waals surface area contributed by atoms with Crippen molar-refractivity contribution in [1.82, 2.24) is 4.90 Å². The molecule has 1 atom stereocenters. The Morgan fingerprint density at radius 1 is 1.11 bits per heavy atom. The number of piperidine rings is 1. The van der Waals surface area contributed by atoms with Gasteiger partial charge in [0.25, 0.3) is 0 Å². The number of carbonyl (C=O) groups excluding carboxylic acids is 2. The Balaban J connectivity index is 1.44. The van der Waals surface area contributed by atoms with Crippen molar-refractivity contribution < 1.29 is 19.1 Å². The van der Waals surface area contributed by atoms with E-state index in [0.717, 1.165) is 44.3 Å². The van der Waals surface area contributed by atoms with Crippen LogP contribution in [0.3, 0.4) is 0 Å². The van der Waals surface area contributed by atoms with E-state index in [0.29, 0.717) is 19.6 Å². The van der Waals surface area contributed by atoms with Crippen LogP contribution in [0.25, 0.3) is 0 Å². The number of esters is 1. The first-order valence-electron chi connectivity index (χ1n) is 9.91. The van der Waals surface area contributed by atoms with E-state index in [1.807, 2.05) is 42.2 Å². The summed E-state index contributed by atoms with van der Waals surface area (Å²) in [6, 6.07) is 9.75. The summed E-state index contributed by atoms with van der Waals surface area (Å²) >= 11 is 0. The summed E-state index contributed by atoms with van der Waals surface area (Å²) in [4.78, 5) is 25.8. The highest BCUT2D eigenvalue weighted by Gasteiger charge is 2.36. The fraction of sp³-hybridized carbons (Fsp3) is 0.545. The van der Waals surface area contributed by atoms with E-state index in [9.17, 15) is 9.59 Å². The van der Waals surface area contributed by atoms with Crippen LogP contribution in [0.4, 0.5) is 4.79 Å². The highest BCUT2D eigenvalue weighted by Crippen LogP contribution is 2.42. The molecule has 1 aliphatic carbocycles. The van der Waals surface area contributed by atoms with Crippen LogP contribution in [0.5, 0.6) is 0 Å². The number of carbonyl (C=O) groups is 2. The van der Waals surface area contributed by atoms with Crippen LogP contribution >= 0.6 is 0 Å². The van der Waals surface area contributed by atoms with Crippen LogP contribution < -0.4 is 0 Å². The van der Waals surface area contributed by atoms with Gasteiger partial charge in [0.05, 0.1) is 13.0 Å². The van der Waals surface area contributed by atoms with Gasteiger partial charge in [0.2, 0.25) is 0 Å². The maximum Gasteiger partial charge on any atom is 0.410 e. The summed E-state index contributed by atoms with van der Waals surface area (Å²) in [5.74, 6) is 0.169. The fourth-order valence-electron chi connectivity index (χ4n) is 3.96. The van der Waals surface area contributed by atoms with Gasteiger partial charge in [-0.15, -0.1) is 0 Å². The molecule has 1 fully saturated rings. The summed E-state index contributed by atoms with van der Waals surface area (Å²) in [5, 5.41) is 0. The molecule has 1 saturated heterocycles. The van der Waals surface area contributed by atoms with Crippen molar-refractivity contribution in [2.45, 2.75) is 45.6 Å². The van der Waals surface area contributed by atoms with Gasteiger partial charge in [0.1, 0.15) is 6.61 Å². The lowest BCUT2D eigenvalue weighted by Crippen LogP contribution is -2.43. The zero-order chi connectivity index (χ0) is 19.1. The summed E-state index contributed by atoms with van der Waals surface area (Å²) in [6.45, 7) is 4.04. The van der Waals surface area contributed by atoms with Gasteiger partial charge in [-0.3, -0.25) is 4.79 Å². The van der Waals surface area contributed by atoms with Gasteiger partial charge in [-0.25, -0.2) is 4.79 Å². The zero-order valence-electron chi connectivity index (χ0n) is 16.1. The molecule has 5 heteroatoms. The van der Waals surface area contributed by atoms with Crippen molar-refractivity contribution in [3.05, 3.63) is 48.0 Å². The van der Waals surface area contributed by atoms with Crippen molar-refractivity contribution in [1.29, 1.82) is 0 Å². The molecule has 1 heterocycles. The number of allylic oxidation sites excluding steroid dienone is 2. The first-order chi connectivity index (χ1) is 13.1. The van der Waals surface area contributed by atoms with E-state index < -0.39 is 0 Å². The molecule has 146 valence electrons. The van der Waals surface area contributed by atoms with Crippen LogP contribution in [-0.4, -0.2) is 36.7 Å². The van der Waals surface area contributed by atoms with Gasteiger partial charge < -0.3 is 14.4 Å². The van der Waals surface area contributed by atoms with E-state index in [1.54, 1.807) is 0 Å². The average molecular weight is 371 g/mol. The average Bonchev–Trinajstić information content (AvgIpc) is 2.70. The smallest absolute Gasteiger partial charge is 0.410 e. The van der Waals surface area contributed by atoms with Crippen LogP contribution in [0.15, 0.2) is 42.5 Å². The molecule has 1 amide bonds. The Labute approximate surface area is 161 Å². The Hall–Kier alpha value is -2.30. The number of hydrogen-bond donors (Lipinski definition) is 0. The minimum atomic E-state index is -0.228. The Morgan fingerprint density at radius 3 is 2.48 bits per heavy atom. The third-order valence-corrected chi connectivity index (χ3v) is 5.69. The molecule has 27 heavy (non-hydrogen) atoms. The Kier molecular flexibility index (Phi) is 6.54. The molecule has 1 aromatic rings. The summed E-state index contributed by atoms with van der Waals surface area (Å²) in [7, 11) is 0. The highest BCUT2D eigenvalue weighted by molar-refractivity contribution is 5.70. The van der Waals surface area contributed by atoms with E-state index in [2.05, 4.69) is 12.2 Å². The largest absolute Gasteiger partial charge is 0.466 e. The molecular formula is C22H29NO4. The Bertz CT molecular complexity index is 662. The van der Waals surface area contributed by atoms with Crippen molar-refractivity contribution in [2.24, 2.45) is 11.3 Å². The number of benzene rings is 1. The first kappa shape index (κ1) is 19.5. The molecule has 3 rings (SSSR count). The molecule has 1 aromatic carbocycles. The Morgan fingerprint density at radius 2 is 1.85 bits per heavy atom. The van der Waals surface area contributed by atoms with E-state index in [4.69, 9.17) is 9.47 Å². The summed E-state index contributed by atoms with van der Waals surface area (Å²) in [5.41, 5.74) is 1.17. The van der Waals surface area contributed by atoms with Gasteiger partial charge in [0, 0.05) is 13.1 Å². The fourth-order valence-corrected chi connectivity index (χ4v) is 3.96. The second kappa shape index (κ2) is 9.07. The third kappa shape index (κ3) is 5.34. The molecule has 0 radical (unpaired) electrons. The maximum atomic E-state index is 12.3. The van der Waals surface area contributed by atoms with Crippen LogP contribution in [0.2, 0.25) is 0 Å². The minimum Gasteiger partial charge on any atom is -0.466 e. The number of amides is 1. The summed E-state index contributed by atoms with van der Waals surface area (Å²) < 4.78 is 10.5. The molecule has 1 aliphatic heterocycles. The molecule has 1 spiro atoms. The van der Waals surface area contributed by atoms with Crippen LogP contribution in [0, 0.1) is 11.3 Å². The normalized spacial score (nSPS) is 21.1. The van der Waals surface area contributed by atoms with E-state index in [1.165, 1.54) is 0 Å². The van der Waals surface area contributed by atoms with Gasteiger partial charge in [-0.2, -0.15) is 0 Å². The SMILES string of the molecule is CCOC(=O)CC1C=CC2(CC1)CCN(C(=O)OCc1ccccc1)CC2. The third-order valence-electron chi connectivity index (χ3n) is 5.69. The predicted octanol–water partition coefficient (Wildman–Crippen LogP) is 4.32. The number of nitrogens with zero attached hydrogens (tertiary/aromatic N) is 1. The van der Waals surface area contributed by atoms with Crippen molar-refractivity contribution in [3.63, 3.8) is 0 Å². The maximum absolute atomic E-state index is 12.3. The zero-order valence-corrected chi connectivity index (χ0v) is 16.1. The lowest BCUT2D eigenvalue weighted by atomic mass is 9.69. The van der Waals surface area contributed by atoms with Crippen molar-refractivity contribution in [2.75, 3.05) is 19.7 Å². The van der Waals surface area contributed by atoms with E-state index >= 15 is 0 Å². The van der Waals surface area contributed by atoms with Crippen LogP contribution in [0.1, 0.15) is 44.6 Å². The van der Waals surface area contributed by atoms with Crippen molar-refractivity contribution in [3.8, 4) is 0 Å². The first-order valence-corrected chi connectivity index (χ1v) is 9.91. The number of rotatable bonds is 5. The molecule has 1 unspecified atom stereocenters. The molecule has 0 bridgehead atoms. The van der Waals surface area contributed by atoms with Crippen LogP contribution in [-0.2, 0) is 20.9 Å². The number of likely N-dealkylation sites (tertiary alicyclic amines) is 1. The monoisotopic (exact) mass is 371 g/mol. The van der Waals surface area contributed by atoms with Gasteiger partial charge >= 0.3 is 12.1 Å². The molecule has 0 N–H and O–H groups in total. The number of hydrogen-bond acceptors (Lipinski definition) is 4. The van der Waals surface area contributed by atoms with E-state index in [-0.39, 0.29) is 23.4 Å². The molecule has 2 aliphatic rings. The van der Waals surface area contributed by atoms with Gasteiger partial charge in [-0.05, 0) is 49.5 Å². The second-order valence-corrected chi connectivity index (χ2v) is 7.56.